The minimum Gasteiger partial charge on any atom is -0.497 e. The second-order valence-corrected chi connectivity index (χ2v) is 4.58. The number of nitrogens with two attached hydrogens (primary N) is 1. The van der Waals surface area contributed by atoms with E-state index in [0.717, 1.165) is 34.9 Å². The van der Waals surface area contributed by atoms with Crippen LogP contribution >= 0.6 is 0 Å². The first-order valence-corrected chi connectivity index (χ1v) is 6.65. The van der Waals surface area contributed by atoms with E-state index >= 15 is 0 Å². The minimum atomic E-state index is 0.486. The quantitative estimate of drug-likeness (QED) is 0.877. The summed E-state index contributed by atoms with van der Waals surface area (Å²) in [5, 5.41) is 0. The topological polar surface area (TPSA) is 57.4 Å². The van der Waals surface area contributed by atoms with E-state index in [1.807, 2.05) is 43.3 Å². The summed E-state index contributed by atoms with van der Waals surface area (Å²) in [5.41, 5.74) is 8.56. The van der Waals surface area contributed by atoms with E-state index in [-0.39, 0.29) is 0 Å². The molecule has 0 saturated heterocycles. The molecule has 2 N–H and O–H groups in total. The lowest BCUT2D eigenvalue weighted by molar-refractivity contribution is 0.300. The third-order valence-electron chi connectivity index (χ3n) is 2.98. The van der Waals surface area contributed by atoms with Crippen LogP contribution in [0.25, 0.3) is 0 Å². The van der Waals surface area contributed by atoms with E-state index in [1.165, 1.54) is 0 Å². The van der Waals surface area contributed by atoms with Gasteiger partial charge in [-0.05, 0) is 43.3 Å². The Morgan fingerprint density at radius 2 is 2.05 bits per heavy atom. The SMILES string of the molecule is COc1cccc(COc2ccc(C)nc2CCN)c1. The van der Waals surface area contributed by atoms with Gasteiger partial charge in [0.25, 0.3) is 0 Å². The number of aromatic nitrogens is 1. The first-order valence-electron chi connectivity index (χ1n) is 6.65. The average Bonchev–Trinajstić information content (AvgIpc) is 2.47. The molecule has 4 nitrogen and oxygen atoms in total. The highest BCUT2D eigenvalue weighted by Crippen LogP contribution is 2.20. The van der Waals surface area contributed by atoms with Crippen molar-refractivity contribution in [3.8, 4) is 11.5 Å². The molecule has 0 unspecified atom stereocenters. The number of aryl methyl sites for hydroxylation is 1. The lowest BCUT2D eigenvalue weighted by Crippen LogP contribution is -2.08. The molecule has 2 aromatic rings. The molecular weight excluding hydrogens is 252 g/mol. The highest BCUT2D eigenvalue weighted by molar-refractivity contribution is 5.31. The summed E-state index contributed by atoms with van der Waals surface area (Å²) in [5.74, 6) is 1.62. The number of rotatable bonds is 6. The van der Waals surface area contributed by atoms with E-state index in [4.69, 9.17) is 15.2 Å². The van der Waals surface area contributed by atoms with Gasteiger partial charge in [0, 0.05) is 12.1 Å². The number of benzene rings is 1. The highest BCUT2D eigenvalue weighted by atomic mass is 16.5. The molecule has 0 amide bonds. The molecule has 1 aromatic carbocycles. The van der Waals surface area contributed by atoms with Crippen molar-refractivity contribution in [2.24, 2.45) is 5.73 Å². The highest BCUT2D eigenvalue weighted by Gasteiger charge is 2.06. The Balaban J connectivity index is 2.09. The summed E-state index contributed by atoms with van der Waals surface area (Å²) < 4.78 is 11.1. The second kappa shape index (κ2) is 6.91. The van der Waals surface area contributed by atoms with Crippen LogP contribution in [-0.2, 0) is 13.0 Å². The van der Waals surface area contributed by atoms with Crippen LogP contribution in [0.5, 0.6) is 11.5 Å². The fourth-order valence-electron chi connectivity index (χ4n) is 1.97. The van der Waals surface area contributed by atoms with Crippen LogP contribution in [0.3, 0.4) is 0 Å². The van der Waals surface area contributed by atoms with Gasteiger partial charge in [0.05, 0.1) is 12.8 Å². The van der Waals surface area contributed by atoms with Crippen molar-refractivity contribution in [1.82, 2.24) is 4.98 Å². The molecule has 1 aromatic heterocycles. The Morgan fingerprint density at radius 3 is 2.80 bits per heavy atom. The first-order chi connectivity index (χ1) is 9.72. The summed E-state index contributed by atoms with van der Waals surface area (Å²) in [6.45, 7) is 3.01. The summed E-state index contributed by atoms with van der Waals surface area (Å²) >= 11 is 0. The average molecular weight is 272 g/mol. The Labute approximate surface area is 119 Å². The summed E-state index contributed by atoms with van der Waals surface area (Å²) in [6, 6.07) is 11.7. The molecule has 4 heteroatoms. The Kier molecular flexibility index (Phi) is 4.96. The summed E-state index contributed by atoms with van der Waals surface area (Å²) in [7, 11) is 1.66. The van der Waals surface area contributed by atoms with Gasteiger partial charge in [-0.25, -0.2) is 0 Å². The molecule has 106 valence electrons. The number of nitrogens with zero attached hydrogens (tertiary/aromatic N) is 1. The lowest BCUT2D eigenvalue weighted by atomic mass is 10.2. The van der Waals surface area contributed by atoms with Crippen LogP contribution in [0.4, 0.5) is 0 Å². The largest absolute Gasteiger partial charge is 0.497 e. The van der Waals surface area contributed by atoms with Crippen molar-refractivity contribution in [1.29, 1.82) is 0 Å². The Bertz CT molecular complexity index is 570. The Hall–Kier alpha value is -2.07. The number of hydrogen-bond acceptors (Lipinski definition) is 4. The van der Waals surface area contributed by atoms with Gasteiger partial charge in [-0.2, -0.15) is 0 Å². The van der Waals surface area contributed by atoms with Crippen LogP contribution < -0.4 is 15.2 Å². The molecule has 0 aliphatic heterocycles. The molecule has 20 heavy (non-hydrogen) atoms. The Morgan fingerprint density at radius 1 is 1.20 bits per heavy atom. The number of methoxy groups -OCH3 is 1. The molecule has 1 heterocycles. The number of ether oxygens (including phenoxy) is 2. The summed E-state index contributed by atoms with van der Waals surface area (Å²) in [4.78, 5) is 4.48. The molecule has 0 aliphatic rings. The molecule has 0 saturated carbocycles. The van der Waals surface area contributed by atoms with Crippen LogP contribution in [0.15, 0.2) is 36.4 Å². The van der Waals surface area contributed by atoms with E-state index < -0.39 is 0 Å². The monoisotopic (exact) mass is 272 g/mol. The minimum absolute atomic E-state index is 0.486. The van der Waals surface area contributed by atoms with Crippen molar-refractivity contribution >= 4 is 0 Å². The zero-order valence-corrected chi connectivity index (χ0v) is 11.9. The van der Waals surface area contributed by atoms with Crippen molar-refractivity contribution in [2.75, 3.05) is 13.7 Å². The number of hydrogen-bond donors (Lipinski definition) is 1. The van der Waals surface area contributed by atoms with Crippen molar-refractivity contribution in [3.05, 3.63) is 53.3 Å². The fourth-order valence-corrected chi connectivity index (χ4v) is 1.97. The maximum atomic E-state index is 5.86. The van der Waals surface area contributed by atoms with Crippen LogP contribution in [0, 0.1) is 6.92 Å². The predicted octanol–water partition coefficient (Wildman–Crippen LogP) is 2.48. The smallest absolute Gasteiger partial charge is 0.141 e. The van der Waals surface area contributed by atoms with Gasteiger partial charge < -0.3 is 15.2 Å². The first kappa shape index (κ1) is 14.3. The van der Waals surface area contributed by atoms with Gasteiger partial charge in [-0.3, -0.25) is 4.98 Å². The van der Waals surface area contributed by atoms with Crippen LogP contribution in [0.1, 0.15) is 17.0 Å². The van der Waals surface area contributed by atoms with Gasteiger partial charge in [0.15, 0.2) is 0 Å². The van der Waals surface area contributed by atoms with Gasteiger partial charge in [-0.1, -0.05) is 12.1 Å². The summed E-state index contributed by atoms with van der Waals surface area (Å²) in [6.07, 6.45) is 0.717. The third-order valence-corrected chi connectivity index (χ3v) is 2.98. The van der Waals surface area contributed by atoms with Gasteiger partial charge in [-0.15, -0.1) is 0 Å². The molecule has 0 fully saturated rings. The molecule has 0 bridgehead atoms. The van der Waals surface area contributed by atoms with E-state index in [0.29, 0.717) is 13.2 Å². The standard InChI is InChI=1S/C16H20N2O2/c1-12-6-7-16(15(18-12)8-9-17)20-11-13-4-3-5-14(10-13)19-2/h3-7,10H,8-9,11,17H2,1-2H3. The molecule has 0 aliphatic carbocycles. The normalized spacial score (nSPS) is 10.3. The van der Waals surface area contributed by atoms with E-state index in [1.54, 1.807) is 7.11 Å². The molecular formula is C16H20N2O2. The van der Waals surface area contributed by atoms with Crippen molar-refractivity contribution < 1.29 is 9.47 Å². The maximum absolute atomic E-state index is 5.86. The molecule has 0 radical (unpaired) electrons. The van der Waals surface area contributed by atoms with E-state index in [2.05, 4.69) is 4.98 Å². The van der Waals surface area contributed by atoms with Crippen LogP contribution in [0.2, 0.25) is 0 Å². The second-order valence-electron chi connectivity index (χ2n) is 4.58. The molecule has 2 rings (SSSR count). The van der Waals surface area contributed by atoms with Crippen molar-refractivity contribution in [2.45, 2.75) is 20.0 Å². The zero-order chi connectivity index (χ0) is 14.4. The molecule has 0 atom stereocenters. The number of pyridine rings is 1. The lowest BCUT2D eigenvalue weighted by Gasteiger charge is -2.11. The van der Waals surface area contributed by atoms with E-state index in [9.17, 15) is 0 Å². The predicted molar refractivity (Wildman–Crippen MR) is 79.1 cm³/mol. The third kappa shape index (κ3) is 3.71. The zero-order valence-electron chi connectivity index (χ0n) is 11.9. The van der Waals surface area contributed by atoms with Gasteiger partial charge >= 0.3 is 0 Å². The van der Waals surface area contributed by atoms with Crippen molar-refractivity contribution in [3.63, 3.8) is 0 Å². The fraction of sp³-hybridized carbons (Fsp3) is 0.312. The maximum Gasteiger partial charge on any atom is 0.141 e. The van der Waals surface area contributed by atoms with Crippen LogP contribution in [-0.4, -0.2) is 18.6 Å². The van der Waals surface area contributed by atoms with Gasteiger partial charge in [0.1, 0.15) is 18.1 Å². The molecule has 0 spiro atoms. The van der Waals surface area contributed by atoms with Gasteiger partial charge in [0.2, 0.25) is 0 Å².